The maximum atomic E-state index is 5.07. The van der Waals surface area contributed by atoms with E-state index >= 15 is 0 Å². The Labute approximate surface area is 97.6 Å². The highest BCUT2D eigenvalue weighted by Gasteiger charge is 1.94. The van der Waals surface area contributed by atoms with Crippen LogP contribution in [0.1, 0.15) is 24.8 Å². The van der Waals surface area contributed by atoms with E-state index in [1.165, 1.54) is 24.8 Å². The largest absolute Gasteiger partial charge is 0.381 e. The van der Waals surface area contributed by atoms with E-state index in [2.05, 4.69) is 19.1 Å². The van der Waals surface area contributed by atoms with E-state index in [9.17, 15) is 0 Å². The summed E-state index contributed by atoms with van der Waals surface area (Å²) in [6.07, 6.45) is 3.93. The molecule has 0 saturated carbocycles. The molecular weight excluding hydrogens is 187 g/mol. The van der Waals surface area contributed by atoms with Gasteiger partial charge in [0.1, 0.15) is 0 Å². The summed E-state index contributed by atoms with van der Waals surface area (Å²) in [5.41, 5.74) is 1.32. The van der Waals surface area contributed by atoms with E-state index in [0.29, 0.717) is 0 Å². The summed E-state index contributed by atoms with van der Waals surface area (Å²) in [5, 5.41) is 0. The fourth-order valence-electron chi connectivity index (χ4n) is 1.22. The topological polar surface area (TPSA) is 9.23 Å². The summed E-state index contributed by atoms with van der Waals surface area (Å²) < 4.78 is 5.07. The highest BCUT2D eigenvalue weighted by Crippen LogP contribution is 2.02. The standard InChI is InChI=1S/C7H8.C5H10O.Al.3H/c1-7-5-3-2-4-6-7;1-2-4-6-5-3-1;;;;/h2-6H,1H3;1-5H2;;;;. The molecule has 0 N–H and O–H groups in total. The molecule has 1 aromatic rings. The molecule has 0 aliphatic carbocycles. The lowest BCUT2D eigenvalue weighted by Crippen LogP contribution is -2.03. The Morgan fingerprint density at radius 3 is 1.71 bits per heavy atom. The van der Waals surface area contributed by atoms with Crippen molar-refractivity contribution in [2.75, 3.05) is 13.2 Å². The predicted octanol–water partition coefficient (Wildman–Crippen LogP) is 2.00. The van der Waals surface area contributed by atoms with Gasteiger partial charge in [-0.15, -0.1) is 0 Å². The molecule has 0 radical (unpaired) electrons. The number of benzene rings is 1. The maximum Gasteiger partial charge on any atom is 0.187 e. The second-order valence-electron chi connectivity index (χ2n) is 3.33. The van der Waals surface area contributed by atoms with Crippen molar-refractivity contribution < 1.29 is 4.74 Å². The third-order valence-corrected chi connectivity index (χ3v) is 2.02. The van der Waals surface area contributed by atoms with Crippen molar-refractivity contribution in [1.82, 2.24) is 0 Å². The lowest BCUT2D eigenvalue weighted by Gasteiger charge is -2.08. The van der Waals surface area contributed by atoms with Crippen molar-refractivity contribution >= 4 is 17.4 Å². The van der Waals surface area contributed by atoms with Crippen LogP contribution in [0.3, 0.4) is 0 Å². The second kappa shape index (κ2) is 9.27. The molecule has 0 unspecified atom stereocenters. The fraction of sp³-hybridized carbons (Fsp3) is 0.500. The zero-order chi connectivity index (χ0) is 9.36. The van der Waals surface area contributed by atoms with Crippen LogP contribution in [0.25, 0.3) is 0 Å². The van der Waals surface area contributed by atoms with Gasteiger partial charge in [0.05, 0.1) is 0 Å². The van der Waals surface area contributed by atoms with Gasteiger partial charge in [0.2, 0.25) is 0 Å². The molecule has 1 heterocycles. The molecule has 1 nitrogen and oxygen atoms in total. The van der Waals surface area contributed by atoms with E-state index in [4.69, 9.17) is 4.74 Å². The lowest BCUT2D eigenvalue weighted by molar-refractivity contribution is 0.0968. The van der Waals surface area contributed by atoms with Crippen molar-refractivity contribution in [2.45, 2.75) is 26.2 Å². The average Bonchev–Trinajstić information content (AvgIpc) is 2.22. The Morgan fingerprint density at radius 1 is 0.929 bits per heavy atom. The molecule has 1 aromatic carbocycles. The summed E-state index contributed by atoms with van der Waals surface area (Å²) in [5.74, 6) is 0. The van der Waals surface area contributed by atoms with E-state index in [-0.39, 0.29) is 17.4 Å². The second-order valence-corrected chi connectivity index (χ2v) is 3.33. The minimum Gasteiger partial charge on any atom is -0.381 e. The average molecular weight is 208 g/mol. The first-order valence-corrected chi connectivity index (χ1v) is 4.99. The molecule has 2 rings (SSSR count). The van der Waals surface area contributed by atoms with Crippen LogP contribution in [0.4, 0.5) is 0 Å². The van der Waals surface area contributed by atoms with Gasteiger partial charge in [-0.2, -0.15) is 0 Å². The van der Waals surface area contributed by atoms with E-state index in [0.717, 1.165) is 13.2 Å². The van der Waals surface area contributed by atoms with Gasteiger partial charge in [0, 0.05) is 13.2 Å². The third kappa shape index (κ3) is 7.15. The highest BCUT2D eigenvalue weighted by molar-refractivity contribution is 5.75. The fourth-order valence-corrected chi connectivity index (χ4v) is 1.22. The molecule has 2 heteroatoms. The molecular formula is C12H21AlO. The van der Waals surface area contributed by atoms with E-state index < -0.39 is 0 Å². The van der Waals surface area contributed by atoms with Gasteiger partial charge in [-0.1, -0.05) is 35.9 Å². The normalized spacial score (nSPS) is 14.6. The quantitative estimate of drug-likeness (QED) is 0.592. The summed E-state index contributed by atoms with van der Waals surface area (Å²) >= 11 is 0. The summed E-state index contributed by atoms with van der Waals surface area (Å²) in [7, 11) is 0. The number of rotatable bonds is 0. The Balaban J connectivity index is 0.000000227. The predicted molar refractivity (Wildman–Crippen MR) is 65.8 cm³/mol. The Kier molecular flexibility index (Phi) is 9.08. The smallest absolute Gasteiger partial charge is 0.187 e. The SMILES string of the molecule is C1CCOCC1.Cc1ccccc1.[AlH3]. The minimum atomic E-state index is 0. The van der Waals surface area contributed by atoms with Crippen LogP contribution in [0.2, 0.25) is 0 Å². The molecule has 14 heavy (non-hydrogen) atoms. The van der Waals surface area contributed by atoms with Crippen LogP contribution in [0.5, 0.6) is 0 Å². The first-order chi connectivity index (χ1) is 6.39. The number of hydrogen-bond acceptors (Lipinski definition) is 1. The molecule has 0 bridgehead atoms. The monoisotopic (exact) mass is 208 g/mol. The minimum absolute atomic E-state index is 0. The van der Waals surface area contributed by atoms with Gasteiger partial charge >= 0.3 is 0 Å². The Bertz CT molecular complexity index is 195. The van der Waals surface area contributed by atoms with Gasteiger partial charge in [0.15, 0.2) is 17.4 Å². The van der Waals surface area contributed by atoms with Crippen molar-refractivity contribution in [2.24, 2.45) is 0 Å². The molecule has 0 atom stereocenters. The molecule has 0 amide bonds. The van der Waals surface area contributed by atoms with Gasteiger partial charge in [-0.3, -0.25) is 0 Å². The van der Waals surface area contributed by atoms with Gasteiger partial charge in [0.25, 0.3) is 0 Å². The Morgan fingerprint density at radius 2 is 1.50 bits per heavy atom. The van der Waals surface area contributed by atoms with Crippen LogP contribution < -0.4 is 0 Å². The molecule has 1 saturated heterocycles. The molecule has 1 fully saturated rings. The van der Waals surface area contributed by atoms with Gasteiger partial charge < -0.3 is 4.74 Å². The van der Waals surface area contributed by atoms with Gasteiger partial charge in [-0.05, 0) is 26.2 Å². The lowest BCUT2D eigenvalue weighted by atomic mass is 10.2. The maximum absolute atomic E-state index is 5.07. The first kappa shape index (κ1) is 13.7. The molecule has 1 aliphatic heterocycles. The van der Waals surface area contributed by atoms with Gasteiger partial charge in [-0.25, -0.2) is 0 Å². The zero-order valence-corrected chi connectivity index (χ0v) is 8.33. The highest BCUT2D eigenvalue weighted by atomic mass is 27.0. The number of aryl methyl sites for hydroxylation is 1. The van der Waals surface area contributed by atoms with Crippen molar-refractivity contribution in [1.29, 1.82) is 0 Å². The van der Waals surface area contributed by atoms with Crippen LogP contribution >= 0.6 is 0 Å². The van der Waals surface area contributed by atoms with Crippen LogP contribution in [-0.2, 0) is 4.74 Å². The number of hydrogen-bond donors (Lipinski definition) is 0. The summed E-state index contributed by atoms with van der Waals surface area (Å²) in [4.78, 5) is 0. The van der Waals surface area contributed by atoms with Crippen LogP contribution in [-0.4, -0.2) is 30.6 Å². The molecule has 0 spiro atoms. The van der Waals surface area contributed by atoms with Crippen molar-refractivity contribution in [3.63, 3.8) is 0 Å². The zero-order valence-electron chi connectivity index (χ0n) is 8.33. The van der Waals surface area contributed by atoms with Crippen LogP contribution in [0, 0.1) is 6.92 Å². The van der Waals surface area contributed by atoms with Crippen LogP contribution in [0.15, 0.2) is 30.3 Å². The first-order valence-electron chi connectivity index (χ1n) is 4.99. The van der Waals surface area contributed by atoms with Crippen molar-refractivity contribution in [3.8, 4) is 0 Å². The number of ether oxygens (including phenoxy) is 1. The van der Waals surface area contributed by atoms with E-state index in [1.807, 2.05) is 18.2 Å². The summed E-state index contributed by atoms with van der Waals surface area (Å²) in [6, 6.07) is 10.3. The molecule has 78 valence electrons. The summed E-state index contributed by atoms with van der Waals surface area (Å²) in [6.45, 7) is 4.08. The Hall–Kier alpha value is -0.288. The molecule has 0 aromatic heterocycles. The molecule has 1 aliphatic rings. The third-order valence-electron chi connectivity index (χ3n) is 2.02. The van der Waals surface area contributed by atoms with Crippen molar-refractivity contribution in [3.05, 3.63) is 35.9 Å². The van der Waals surface area contributed by atoms with E-state index in [1.54, 1.807) is 0 Å².